The molecule has 2 aromatic rings. The highest BCUT2D eigenvalue weighted by Crippen LogP contribution is 2.14. The summed E-state index contributed by atoms with van der Waals surface area (Å²) in [5.74, 6) is -1.68. The summed E-state index contributed by atoms with van der Waals surface area (Å²) in [5.41, 5.74) is -0.131. The number of benzene rings is 1. The van der Waals surface area contributed by atoms with Crippen LogP contribution in [0.15, 0.2) is 39.2 Å². The highest BCUT2D eigenvalue weighted by atomic mass is 19.1. The van der Waals surface area contributed by atoms with Gasteiger partial charge in [0.2, 0.25) is 0 Å². The quantitative estimate of drug-likeness (QED) is 0.829. The van der Waals surface area contributed by atoms with Crippen molar-refractivity contribution in [2.75, 3.05) is 0 Å². The molecule has 0 aliphatic carbocycles. The number of rotatable bonds is 2. The van der Waals surface area contributed by atoms with Crippen molar-refractivity contribution >= 4 is 23.0 Å². The Morgan fingerprint density at radius 1 is 1.44 bits per heavy atom. The van der Waals surface area contributed by atoms with E-state index < -0.39 is 17.2 Å². The largest absolute Gasteiger partial charge is 0.478 e. The molecule has 1 heterocycles. The van der Waals surface area contributed by atoms with Crippen LogP contribution in [0.3, 0.4) is 0 Å². The van der Waals surface area contributed by atoms with Crippen LogP contribution >= 0.6 is 0 Å². The number of carbonyl (C=O) groups is 1. The van der Waals surface area contributed by atoms with Crippen LogP contribution in [0.1, 0.15) is 12.5 Å². The van der Waals surface area contributed by atoms with Gasteiger partial charge in [-0.3, -0.25) is 4.79 Å². The Hall–Kier alpha value is -2.43. The molecule has 0 unspecified atom stereocenters. The summed E-state index contributed by atoms with van der Waals surface area (Å²) < 4.78 is 18.2. The Morgan fingerprint density at radius 2 is 2.17 bits per heavy atom. The van der Waals surface area contributed by atoms with E-state index in [-0.39, 0.29) is 22.1 Å². The molecule has 2 rings (SSSR count). The molecule has 0 amide bonds. The first-order valence-corrected chi connectivity index (χ1v) is 5.11. The maximum Gasteiger partial charge on any atom is 0.331 e. The van der Waals surface area contributed by atoms with E-state index in [0.717, 1.165) is 12.3 Å². The second-order valence-corrected chi connectivity index (χ2v) is 3.79. The Labute approximate surface area is 101 Å². The van der Waals surface area contributed by atoms with Gasteiger partial charge in [0, 0.05) is 5.57 Å². The van der Waals surface area contributed by atoms with Crippen molar-refractivity contribution in [2.24, 2.45) is 0 Å². The van der Waals surface area contributed by atoms with E-state index in [4.69, 9.17) is 9.52 Å². The predicted molar refractivity (Wildman–Crippen MR) is 63.7 cm³/mol. The summed E-state index contributed by atoms with van der Waals surface area (Å²) in [6.07, 6.45) is 2.35. The second-order valence-electron chi connectivity index (χ2n) is 3.79. The lowest BCUT2D eigenvalue weighted by molar-refractivity contribution is -0.132. The van der Waals surface area contributed by atoms with Crippen LogP contribution in [0.5, 0.6) is 0 Å². The van der Waals surface area contributed by atoms with Gasteiger partial charge >= 0.3 is 5.97 Å². The molecule has 1 aromatic heterocycles. The maximum absolute atomic E-state index is 13.0. The van der Waals surface area contributed by atoms with Crippen LogP contribution < -0.4 is 5.43 Å². The van der Waals surface area contributed by atoms with Gasteiger partial charge in [0.25, 0.3) is 0 Å². The van der Waals surface area contributed by atoms with Gasteiger partial charge in [0.1, 0.15) is 17.7 Å². The van der Waals surface area contributed by atoms with Crippen molar-refractivity contribution in [3.63, 3.8) is 0 Å². The molecular formula is C13H9FO4. The zero-order valence-corrected chi connectivity index (χ0v) is 9.44. The molecule has 5 heteroatoms. The van der Waals surface area contributed by atoms with E-state index in [0.29, 0.717) is 0 Å². The fourth-order valence-electron chi connectivity index (χ4n) is 1.51. The number of aliphatic carboxylic acids is 1. The first kappa shape index (κ1) is 12.0. The Kier molecular flexibility index (Phi) is 2.97. The number of hydrogen-bond donors (Lipinski definition) is 1. The van der Waals surface area contributed by atoms with Gasteiger partial charge in [-0.05, 0) is 31.2 Å². The molecule has 0 saturated heterocycles. The van der Waals surface area contributed by atoms with Gasteiger partial charge < -0.3 is 9.52 Å². The van der Waals surface area contributed by atoms with Crippen molar-refractivity contribution in [3.05, 3.63) is 51.6 Å². The number of fused-ring (bicyclic) bond motifs is 1. The van der Waals surface area contributed by atoms with E-state index in [1.807, 2.05) is 0 Å². The van der Waals surface area contributed by atoms with Crippen molar-refractivity contribution in [3.8, 4) is 0 Å². The van der Waals surface area contributed by atoms with Crippen molar-refractivity contribution in [1.82, 2.24) is 0 Å². The predicted octanol–water partition coefficient (Wildman–Crippen LogP) is 2.42. The lowest BCUT2D eigenvalue weighted by atomic mass is 10.1. The molecule has 0 aliphatic rings. The minimum Gasteiger partial charge on any atom is -0.478 e. The molecule has 4 nitrogen and oxygen atoms in total. The summed E-state index contributed by atoms with van der Waals surface area (Å²) in [4.78, 5) is 22.6. The molecule has 92 valence electrons. The third-order valence-electron chi connectivity index (χ3n) is 2.47. The fraction of sp³-hybridized carbons (Fsp3) is 0.0769. The molecule has 1 aromatic carbocycles. The third-order valence-corrected chi connectivity index (χ3v) is 2.47. The molecule has 0 radical (unpaired) electrons. The third kappa shape index (κ3) is 2.15. The standard InChI is InChI=1S/C13H9FO4/c1-7(13(16)17)4-8-6-18-11-3-2-9(14)5-10(11)12(8)15/h2-6H,1H3,(H,16,17)/b7-4+. The molecule has 18 heavy (non-hydrogen) atoms. The minimum absolute atomic E-state index is 0.00180. The van der Waals surface area contributed by atoms with Gasteiger partial charge in [-0.1, -0.05) is 0 Å². The van der Waals surface area contributed by atoms with Crippen LogP contribution in [-0.4, -0.2) is 11.1 Å². The summed E-state index contributed by atoms with van der Waals surface area (Å²) in [7, 11) is 0. The fourth-order valence-corrected chi connectivity index (χ4v) is 1.51. The van der Waals surface area contributed by atoms with Gasteiger partial charge in [0.15, 0.2) is 5.43 Å². The van der Waals surface area contributed by atoms with E-state index in [1.54, 1.807) is 0 Å². The first-order chi connectivity index (χ1) is 8.49. The van der Waals surface area contributed by atoms with E-state index in [1.165, 1.54) is 25.1 Å². The molecule has 1 N–H and O–H groups in total. The summed E-state index contributed by atoms with van der Waals surface area (Å²) in [6.45, 7) is 1.36. The van der Waals surface area contributed by atoms with Gasteiger partial charge in [0.05, 0.1) is 10.9 Å². The molecule has 0 spiro atoms. The van der Waals surface area contributed by atoms with E-state index in [9.17, 15) is 14.0 Å². The Balaban J connectivity index is 2.68. The molecule has 0 saturated carbocycles. The van der Waals surface area contributed by atoms with Crippen LogP contribution in [0.4, 0.5) is 4.39 Å². The monoisotopic (exact) mass is 248 g/mol. The second kappa shape index (κ2) is 4.44. The first-order valence-electron chi connectivity index (χ1n) is 5.11. The summed E-state index contributed by atoms with van der Waals surface area (Å²) >= 11 is 0. The Morgan fingerprint density at radius 3 is 2.83 bits per heavy atom. The normalized spacial score (nSPS) is 11.8. The molecular weight excluding hydrogens is 239 g/mol. The van der Waals surface area contributed by atoms with E-state index in [2.05, 4.69) is 0 Å². The lowest BCUT2D eigenvalue weighted by Gasteiger charge is -1.99. The zero-order valence-electron chi connectivity index (χ0n) is 9.44. The highest BCUT2D eigenvalue weighted by Gasteiger charge is 2.08. The molecule has 0 atom stereocenters. The van der Waals surface area contributed by atoms with Crippen LogP contribution in [-0.2, 0) is 4.79 Å². The Bertz CT molecular complexity index is 712. The SMILES string of the molecule is C/C(=C\c1coc2ccc(F)cc2c1=O)C(=O)O. The van der Waals surface area contributed by atoms with Gasteiger partial charge in [-0.15, -0.1) is 0 Å². The average molecular weight is 248 g/mol. The average Bonchev–Trinajstić information content (AvgIpc) is 2.33. The van der Waals surface area contributed by atoms with E-state index >= 15 is 0 Å². The summed E-state index contributed by atoms with van der Waals surface area (Å²) in [5, 5.41) is 8.82. The molecule has 0 bridgehead atoms. The van der Waals surface area contributed by atoms with Crippen molar-refractivity contribution < 1.29 is 18.7 Å². The molecule has 0 aliphatic heterocycles. The highest BCUT2D eigenvalue weighted by molar-refractivity contribution is 5.92. The van der Waals surface area contributed by atoms with Crippen LogP contribution in [0, 0.1) is 5.82 Å². The number of carboxylic acids is 1. The number of halogens is 1. The lowest BCUT2D eigenvalue weighted by Crippen LogP contribution is -2.06. The summed E-state index contributed by atoms with van der Waals surface area (Å²) in [6, 6.07) is 3.60. The van der Waals surface area contributed by atoms with Gasteiger partial charge in [-0.2, -0.15) is 0 Å². The smallest absolute Gasteiger partial charge is 0.331 e. The van der Waals surface area contributed by atoms with Crippen molar-refractivity contribution in [1.29, 1.82) is 0 Å². The van der Waals surface area contributed by atoms with Crippen molar-refractivity contribution in [2.45, 2.75) is 6.92 Å². The van der Waals surface area contributed by atoms with Crippen LogP contribution in [0.25, 0.3) is 17.0 Å². The number of carboxylic acid groups (broad SMARTS) is 1. The zero-order chi connectivity index (χ0) is 13.3. The topological polar surface area (TPSA) is 67.5 Å². The molecule has 0 fully saturated rings. The van der Waals surface area contributed by atoms with Crippen LogP contribution in [0.2, 0.25) is 0 Å². The minimum atomic E-state index is -1.13. The van der Waals surface area contributed by atoms with Gasteiger partial charge in [-0.25, -0.2) is 9.18 Å². The maximum atomic E-state index is 13.0. The number of hydrogen-bond acceptors (Lipinski definition) is 3.